The lowest BCUT2D eigenvalue weighted by Crippen LogP contribution is -2.48. The Labute approximate surface area is 85.6 Å². The first kappa shape index (κ1) is 11.5. The molecule has 1 saturated heterocycles. The van der Waals surface area contributed by atoms with Gasteiger partial charge in [-0.15, -0.1) is 0 Å². The third kappa shape index (κ3) is 2.96. The highest BCUT2D eigenvalue weighted by Gasteiger charge is 2.33. The van der Waals surface area contributed by atoms with E-state index < -0.39 is 0 Å². The first-order valence-corrected chi connectivity index (χ1v) is 5.38. The minimum absolute atomic E-state index is 0.165. The summed E-state index contributed by atoms with van der Waals surface area (Å²) in [6.07, 6.45) is 2.92. The number of carbonyl (C=O) groups is 1. The number of nitrogens with two attached hydrogens (primary N) is 1. The molecule has 1 amide bonds. The molecule has 0 radical (unpaired) electrons. The van der Waals surface area contributed by atoms with Crippen molar-refractivity contribution in [1.29, 1.82) is 0 Å². The van der Waals surface area contributed by atoms with Crippen molar-refractivity contribution in [2.24, 2.45) is 11.1 Å². The molecule has 1 atom stereocenters. The zero-order valence-electron chi connectivity index (χ0n) is 8.94. The van der Waals surface area contributed by atoms with Crippen LogP contribution in [0.15, 0.2) is 0 Å². The van der Waals surface area contributed by atoms with Crippen LogP contribution in [0.2, 0.25) is 0 Å². The number of carbonyl (C=O) groups excluding carboxylic acids is 1. The van der Waals surface area contributed by atoms with Gasteiger partial charge in [-0.25, -0.2) is 0 Å². The molecule has 0 bridgehead atoms. The van der Waals surface area contributed by atoms with Gasteiger partial charge in [-0.1, -0.05) is 0 Å². The second-order valence-corrected chi connectivity index (χ2v) is 4.24. The molecule has 82 valence electrons. The van der Waals surface area contributed by atoms with E-state index in [1.165, 1.54) is 0 Å². The maximum atomic E-state index is 11.8. The number of rotatable bonds is 4. The predicted molar refractivity (Wildman–Crippen MR) is 56.9 cm³/mol. The molecular formula is C10H21N3O. The van der Waals surface area contributed by atoms with Gasteiger partial charge in [0.05, 0.1) is 5.41 Å². The van der Waals surface area contributed by atoms with Gasteiger partial charge in [0.1, 0.15) is 0 Å². The first-order chi connectivity index (χ1) is 6.69. The lowest BCUT2D eigenvalue weighted by Gasteiger charge is -2.32. The summed E-state index contributed by atoms with van der Waals surface area (Å²) in [4.78, 5) is 11.8. The molecule has 1 rings (SSSR count). The van der Waals surface area contributed by atoms with E-state index in [1.807, 2.05) is 6.92 Å². The fraction of sp³-hybridized carbons (Fsp3) is 0.900. The van der Waals surface area contributed by atoms with E-state index in [2.05, 4.69) is 10.6 Å². The molecular weight excluding hydrogens is 178 g/mol. The van der Waals surface area contributed by atoms with Gasteiger partial charge in [0.25, 0.3) is 0 Å². The van der Waals surface area contributed by atoms with Crippen LogP contribution in [-0.2, 0) is 4.79 Å². The zero-order chi connectivity index (χ0) is 10.4. The Balaban J connectivity index is 2.33. The normalized spacial score (nSPS) is 27.3. The molecule has 1 heterocycles. The van der Waals surface area contributed by atoms with Gasteiger partial charge in [0.2, 0.25) is 5.91 Å². The monoisotopic (exact) mass is 199 g/mol. The second kappa shape index (κ2) is 5.32. The van der Waals surface area contributed by atoms with Gasteiger partial charge in [-0.3, -0.25) is 4.79 Å². The minimum Gasteiger partial charge on any atom is -0.356 e. The highest BCUT2D eigenvalue weighted by Crippen LogP contribution is 2.25. The fourth-order valence-electron chi connectivity index (χ4n) is 1.77. The van der Waals surface area contributed by atoms with Crippen molar-refractivity contribution < 1.29 is 4.79 Å². The first-order valence-electron chi connectivity index (χ1n) is 5.38. The van der Waals surface area contributed by atoms with E-state index in [4.69, 9.17) is 5.73 Å². The Morgan fingerprint density at radius 2 is 2.43 bits per heavy atom. The smallest absolute Gasteiger partial charge is 0.227 e. The standard InChI is InChI=1S/C10H21N3O/c1-10(4-2-6-12-8-10)9(14)13-7-3-5-11/h12H,2-8,11H2,1H3,(H,13,14). The lowest BCUT2D eigenvalue weighted by molar-refractivity contribution is -0.131. The highest BCUT2D eigenvalue weighted by molar-refractivity contribution is 5.82. The van der Waals surface area contributed by atoms with Crippen molar-refractivity contribution in [3.63, 3.8) is 0 Å². The molecule has 0 saturated carbocycles. The molecule has 0 aromatic carbocycles. The summed E-state index contributed by atoms with van der Waals surface area (Å²) in [7, 11) is 0. The van der Waals surface area contributed by atoms with E-state index >= 15 is 0 Å². The van der Waals surface area contributed by atoms with E-state index in [1.54, 1.807) is 0 Å². The van der Waals surface area contributed by atoms with E-state index in [0.29, 0.717) is 13.1 Å². The Kier molecular flexibility index (Phi) is 4.35. The fourth-order valence-corrected chi connectivity index (χ4v) is 1.77. The molecule has 1 unspecified atom stereocenters. The average Bonchev–Trinajstić information content (AvgIpc) is 2.19. The van der Waals surface area contributed by atoms with Gasteiger partial charge in [-0.2, -0.15) is 0 Å². The van der Waals surface area contributed by atoms with E-state index in [-0.39, 0.29) is 11.3 Å². The summed E-state index contributed by atoms with van der Waals surface area (Å²) in [5, 5.41) is 6.20. The van der Waals surface area contributed by atoms with Crippen molar-refractivity contribution in [2.45, 2.75) is 26.2 Å². The number of hydrogen-bond donors (Lipinski definition) is 3. The Morgan fingerprint density at radius 3 is 3.00 bits per heavy atom. The van der Waals surface area contributed by atoms with E-state index in [0.717, 1.165) is 32.4 Å². The molecule has 4 N–H and O–H groups in total. The van der Waals surface area contributed by atoms with Crippen LogP contribution in [0, 0.1) is 5.41 Å². The van der Waals surface area contributed by atoms with Crippen molar-refractivity contribution in [1.82, 2.24) is 10.6 Å². The summed E-state index contributed by atoms with van der Waals surface area (Å²) in [5.74, 6) is 0.165. The molecule has 14 heavy (non-hydrogen) atoms. The second-order valence-electron chi connectivity index (χ2n) is 4.24. The van der Waals surface area contributed by atoms with Crippen LogP contribution in [0.4, 0.5) is 0 Å². The Hall–Kier alpha value is -0.610. The summed E-state index contributed by atoms with van der Waals surface area (Å²) in [5.41, 5.74) is 5.15. The van der Waals surface area contributed by atoms with Crippen molar-refractivity contribution in [3.05, 3.63) is 0 Å². The van der Waals surface area contributed by atoms with Gasteiger partial charge in [-0.05, 0) is 39.3 Å². The molecule has 0 spiro atoms. The van der Waals surface area contributed by atoms with Crippen LogP contribution in [0.1, 0.15) is 26.2 Å². The third-order valence-electron chi connectivity index (χ3n) is 2.81. The number of amides is 1. The molecule has 4 nitrogen and oxygen atoms in total. The summed E-state index contributed by atoms with van der Waals surface area (Å²) in [6, 6.07) is 0. The van der Waals surface area contributed by atoms with Crippen molar-refractivity contribution in [3.8, 4) is 0 Å². The summed E-state index contributed by atoms with van der Waals surface area (Å²) < 4.78 is 0. The van der Waals surface area contributed by atoms with Crippen LogP contribution < -0.4 is 16.4 Å². The topological polar surface area (TPSA) is 67.2 Å². The van der Waals surface area contributed by atoms with Gasteiger partial charge in [0, 0.05) is 13.1 Å². The highest BCUT2D eigenvalue weighted by atomic mass is 16.2. The molecule has 0 aromatic heterocycles. The van der Waals surface area contributed by atoms with Gasteiger partial charge < -0.3 is 16.4 Å². The number of nitrogens with one attached hydrogen (secondary N) is 2. The van der Waals surface area contributed by atoms with Crippen LogP contribution in [0.3, 0.4) is 0 Å². The zero-order valence-corrected chi connectivity index (χ0v) is 8.94. The molecule has 1 aliphatic heterocycles. The summed E-state index contributed by atoms with van der Waals surface area (Å²) in [6.45, 7) is 5.18. The number of hydrogen-bond acceptors (Lipinski definition) is 3. The average molecular weight is 199 g/mol. The van der Waals surface area contributed by atoms with Crippen molar-refractivity contribution >= 4 is 5.91 Å². The quantitative estimate of drug-likeness (QED) is 0.551. The van der Waals surface area contributed by atoms with E-state index in [9.17, 15) is 4.79 Å². The van der Waals surface area contributed by atoms with Crippen LogP contribution >= 0.6 is 0 Å². The molecule has 4 heteroatoms. The largest absolute Gasteiger partial charge is 0.356 e. The summed E-state index contributed by atoms with van der Waals surface area (Å²) >= 11 is 0. The van der Waals surface area contributed by atoms with Crippen LogP contribution in [0.25, 0.3) is 0 Å². The third-order valence-corrected chi connectivity index (χ3v) is 2.81. The Bertz CT molecular complexity index is 188. The Morgan fingerprint density at radius 1 is 1.64 bits per heavy atom. The lowest BCUT2D eigenvalue weighted by atomic mass is 9.82. The molecule has 0 aromatic rings. The maximum absolute atomic E-state index is 11.8. The molecule has 1 aliphatic rings. The SMILES string of the molecule is CC1(C(=O)NCCCN)CCCNC1. The number of piperidine rings is 1. The minimum atomic E-state index is -0.215. The predicted octanol–water partition coefficient (Wildman–Crippen LogP) is -0.159. The van der Waals surface area contributed by atoms with Crippen molar-refractivity contribution in [2.75, 3.05) is 26.2 Å². The van der Waals surface area contributed by atoms with Crippen LogP contribution in [0.5, 0.6) is 0 Å². The van der Waals surface area contributed by atoms with Gasteiger partial charge >= 0.3 is 0 Å². The van der Waals surface area contributed by atoms with Crippen LogP contribution in [-0.4, -0.2) is 32.1 Å². The molecule has 0 aliphatic carbocycles. The molecule has 1 fully saturated rings. The maximum Gasteiger partial charge on any atom is 0.227 e. The van der Waals surface area contributed by atoms with Gasteiger partial charge in [0.15, 0.2) is 0 Å².